The largest absolute Gasteiger partial charge is 0.317 e. The summed E-state index contributed by atoms with van der Waals surface area (Å²) in [4.78, 5) is 11.0. The maximum atomic E-state index is 11.0. The van der Waals surface area contributed by atoms with Gasteiger partial charge in [-0.1, -0.05) is 22.0 Å². The molecule has 1 amide bonds. The first-order chi connectivity index (χ1) is 7.63. The van der Waals surface area contributed by atoms with Crippen LogP contribution in [0.1, 0.15) is 12.5 Å². The standard InChI is InChI=1S/C11H7BrN2OS/c1-6(15)14-11-7(5-13)10-8(12)3-2-4-9(10)16-11/h2-4H,1H3,(H,14,15). The summed E-state index contributed by atoms with van der Waals surface area (Å²) >= 11 is 4.82. The molecule has 0 bridgehead atoms. The van der Waals surface area contributed by atoms with Crippen LogP contribution in [0, 0.1) is 11.3 Å². The van der Waals surface area contributed by atoms with E-state index in [1.165, 1.54) is 18.3 Å². The third kappa shape index (κ3) is 1.82. The number of nitrogens with zero attached hydrogens (tertiary/aromatic N) is 1. The lowest BCUT2D eigenvalue weighted by atomic mass is 10.2. The van der Waals surface area contributed by atoms with Crippen LogP contribution in [0.15, 0.2) is 22.7 Å². The van der Waals surface area contributed by atoms with Gasteiger partial charge in [-0.2, -0.15) is 5.26 Å². The first-order valence-corrected chi connectivity index (χ1v) is 6.13. The van der Waals surface area contributed by atoms with Gasteiger partial charge < -0.3 is 5.32 Å². The Hall–Kier alpha value is -1.38. The molecule has 1 aromatic heterocycles. The number of rotatable bonds is 1. The SMILES string of the molecule is CC(=O)Nc1sc2cccc(Br)c2c1C#N. The third-order valence-electron chi connectivity index (χ3n) is 2.07. The minimum Gasteiger partial charge on any atom is -0.317 e. The first kappa shape index (κ1) is 11.1. The zero-order valence-electron chi connectivity index (χ0n) is 8.37. The van der Waals surface area contributed by atoms with E-state index in [0.717, 1.165) is 14.6 Å². The Morgan fingerprint density at radius 2 is 2.31 bits per heavy atom. The van der Waals surface area contributed by atoms with E-state index >= 15 is 0 Å². The van der Waals surface area contributed by atoms with Crippen LogP contribution in [0.4, 0.5) is 5.00 Å². The zero-order valence-corrected chi connectivity index (χ0v) is 10.8. The van der Waals surface area contributed by atoms with Gasteiger partial charge in [0.15, 0.2) is 0 Å². The predicted octanol–water partition coefficient (Wildman–Crippen LogP) is 3.49. The number of hydrogen-bond acceptors (Lipinski definition) is 3. The number of anilines is 1. The number of carbonyl (C=O) groups excluding carboxylic acids is 1. The van der Waals surface area contributed by atoms with Gasteiger partial charge in [-0.25, -0.2) is 0 Å². The summed E-state index contributed by atoms with van der Waals surface area (Å²) in [7, 11) is 0. The molecule has 0 radical (unpaired) electrons. The van der Waals surface area contributed by atoms with Crippen LogP contribution in [0.3, 0.4) is 0 Å². The van der Waals surface area contributed by atoms with Crippen molar-refractivity contribution in [3.8, 4) is 6.07 Å². The molecule has 0 spiro atoms. The number of nitrogens with one attached hydrogen (secondary N) is 1. The smallest absolute Gasteiger partial charge is 0.221 e. The van der Waals surface area contributed by atoms with Crippen molar-refractivity contribution in [3.63, 3.8) is 0 Å². The van der Waals surface area contributed by atoms with Gasteiger partial charge in [-0.3, -0.25) is 4.79 Å². The quantitative estimate of drug-likeness (QED) is 0.875. The van der Waals surface area contributed by atoms with Gasteiger partial charge in [0, 0.05) is 21.5 Å². The minimum atomic E-state index is -0.167. The molecule has 80 valence electrons. The Balaban J connectivity index is 2.73. The number of hydrogen-bond donors (Lipinski definition) is 1. The van der Waals surface area contributed by atoms with Gasteiger partial charge in [-0.15, -0.1) is 11.3 Å². The van der Waals surface area contributed by atoms with Crippen molar-refractivity contribution in [3.05, 3.63) is 28.2 Å². The summed E-state index contributed by atoms with van der Waals surface area (Å²) in [5.41, 5.74) is 0.516. The Bertz CT molecular complexity index is 612. The Labute approximate surface area is 105 Å². The van der Waals surface area contributed by atoms with Crippen LogP contribution >= 0.6 is 27.3 Å². The van der Waals surface area contributed by atoms with Crippen LogP contribution < -0.4 is 5.32 Å². The predicted molar refractivity (Wildman–Crippen MR) is 68.5 cm³/mol. The second-order valence-electron chi connectivity index (χ2n) is 3.21. The fraction of sp³-hybridized carbons (Fsp3) is 0.0909. The lowest BCUT2D eigenvalue weighted by Gasteiger charge is -1.97. The number of thiophene rings is 1. The lowest BCUT2D eigenvalue weighted by Crippen LogP contribution is -2.05. The Kier molecular flexibility index (Phi) is 2.95. The van der Waals surface area contributed by atoms with Crippen LogP contribution in [-0.4, -0.2) is 5.91 Å². The van der Waals surface area contributed by atoms with Crippen LogP contribution in [0.5, 0.6) is 0 Å². The topological polar surface area (TPSA) is 52.9 Å². The molecule has 0 aliphatic rings. The normalized spacial score (nSPS) is 10.1. The molecule has 2 rings (SSSR count). The molecule has 0 aliphatic heterocycles. The summed E-state index contributed by atoms with van der Waals surface area (Å²) in [6.07, 6.45) is 0. The van der Waals surface area contributed by atoms with Crippen LogP contribution in [0.2, 0.25) is 0 Å². The lowest BCUT2D eigenvalue weighted by molar-refractivity contribution is -0.114. The van der Waals surface area contributed by atoms with E-state index in [4.69, 9.17) is 5.26 Å². The number of fused-ring (bicyclic) bond motifs is 1. The molecule has 0 saturated carbocycles. The van der Waals surface area contributed by atoms with Gasteiger partial charge in [0.25, 0.3) is 0 Å². The van der Waals surface area contributed by atoms with Crippen molar-refractivity contribution < 1.29 is 4.79 Å². The van der Waals surface area contributed by atoms with E-state index in [-0.39, 0.29) is 5.91 Å². The van der Waals surface area contributed by atoms with E-state index in [0.29, 0.717) is 10.6 Å². The molecule has 0 aliphatic carbocycles. The molecule has 1 N–H and O–H groups in total. The molecular weight excluding hydrogens is 288 g/mol. The molecule has 0 atom stereocenters. The number of nitriles is 1. The molecule has 1 heterocycles. The van der Waals surface area contributed by atoms with E-state index in [2.05, 4.69) is 27.3 Å². The summed E-state index contributed by atoms with van der Waals surface area (Å²) in [5.74, 6) is -0.167. The van der Waals surface area contributed by atoms with E-state index < -0.39 is 0 Å². The molecule has 0 unspecified atom stereocenters. The highest BCUT2D eigenvalue weighted by Gasteiger charge is 2.14. The average molecular weight is 295 g/mol. The van der Waals surface area contributed by atoms with Crippen molar-refractivity contribution in [1.29, 1.82) is 5.26 Å². The van der Waals surface area contributed by atoms with Gasteiger partial charge in [0.1, 0.15) is 11.1 Å². The molecule has 5 heteroatoms. The highest BCUT2D eigenvalue weighted by Crippen LogP contribution is 2.38. The molecule has 0 saturated heterocycles. The van der Waals surface area contributed by atoms with Crippen molar-refractivity contribution in [2.24, 2.45) is 0 Å². The zero-order chi connectivity index (χ0) is 11.7. The van der Waals surface area contributed by atoms with Gasteiger partial charge in [-0.05, 0) is 12.1 Å². The summed E-state index contributed by atoms with van der Waals surface area (Å²) in [5, 5.41) is 13.3. The first-order valence-electron chi connectivity index (χ1n) is 4.52. The molecule has 16 heavy (non-hydrogen) atoms. The second-order valence-corrected chi connectivity index (χ2v) is 5.12. The summed E-state index contributed by atoms with van der Waals surface area (Å²) in [6, 6.07) is 7.84. The van der Waals surface area contributed by atoms with Crippen LogP contribution in [0.25, 0.3) is 10.1 Å². The molecule has 2 aromatic rings. The molecule has 3 nitrogen and oxygen atoms in total. The minimum absolute atomic E-state index is 0.167. The van der Waals surface area contributed by atoms with Crippen LogP contribution in [-0.2, 0) is 4.79 Å². The van der Waals surface area contributed by atoms with E-state index in [9.17, 15) is 4.79 Å². The van der Waals surface area contributed by atoms with Crippen molar-refractivity contribution in [2.75, 3.05) is 5.32 Å². The maximum Gasteiger partial charge on any atom is 0.221 e. The highest BCUT2D eigenvalue weighted by atomic mass is 79.9. The molecule has 1 aromatic carbocycles. The number of carbonyl (C=O) groups is 1. The van der Waals surface area contributed by atoms with Gasteiger partial charge in [0.2, 0.25) is 5.91 Å². The van der Waals surface area contributed by atoms with Gasteiger partial charge in [0.05, 0.1) is 5.56 Å². The Morgan fingerprint density at radius 1 is 1.56 bits per heavy atom. The monoisotopic (exact) mass is 294 g/mol. The van der Waals surface area contributed by atoms with Crippen molar-refractivity contribution in [2.45, 2.75) is 6.92 Å². The fourth-order valence-electron chi connectivity index (χ4n) is 1.46. The van der Waals surface area contributed by atoms with Crippen molar-refractivity contribution >= 4 is 48.3 Å². The maximum absolute atomic E-state index is 11.0. The number of benzene rings is 1. The third-order valence-corrected chi connectivity index (χ3v) is 3.80. The Morgan fingerprint density at radius 3 is 2.94 bits per heavy atom. The highest BCUT2D eigenvalue weighted by molar-refractivity contribution is 9.10. The second kappa shape index (κ2) is 4.24. The fourth-order valence-corrected chi connectivity index (χ4v) is 3.28. The average Bonchev–Trinajstić information content (AvgIpc) is 2.55. The molecular formula is C11H7BrN2OS. The van der Waals surface area contributed by atoms with Crippen molar-refractivity contribution in [1.82, 2.24) is 0 Å². The number of halogens is 1. The van der Waals surface area contributed by atoms with Gasteiger partial charge >= 0.3 is 0 Å². The summed E-state index contributed by atoms with van der Waals surface area (Å²) in [6.45, 7) is 1.43. The van der Waals surface area contributed by atoms with E-state index in [1.54, 1.807) is 0 Å². The number of amides is 1. The summed E-state index contributed by atoms with van der Waals surface area (Å²) < 4.78 is 1.85. The van der Waals surface area contributed by atoms with E-state index in [1.807, 2.05) is 18.2 Å². The molecule has 0 fully saturated rings.